The van der Waals surface area contributed by atoms with Crippen molar-refractivity contribution >= 4 is 5.84 Å². The SMILES string of the molecule is CC(O)C1CCN(Cc2ccnc(/C(N)=N/O)c2)CC1. The molecule has 1 unspecified atom stereocenters. The summed E-state index contributed by atoms with van der Waals surface area (Å²) in [6.45, 7) is 4.65. The maximum Gasteiger partial charge on any atom is 0.188 e. The number of oxime groups is 1. The van der Waals surface area contributed by atoms with Gasteiger partial charge in [-0.3, -0.25) is 9.88 Å². The molecule has 1 atom stereocenters. The van der Waals surface area contributed by atoms with Crippen LogP contribution in [0.2, 0.25) is 0 Å². The van der Waals surface area contributed by atoms with Gasteiger partial charge in [0, 0.05) is 12.7 Å². The van der Waals surface area contributed by atoms with E-state index in [-0.39, 0.29) is 11.9 Å². The van der Waals surface area contributed by atoms with Gasteiger partial charge in [-0.25, -0.2) is 0 Å². The van der Waals surface area contributed by atoms with Gasteiger partial charge in [0.2, 0.25) is 0 Å². The van der Waals surface area contributed by atoms with Crippen LogP contribution in [0, 0.1) is 5.92 Å². The van der Waals surface area contributed by atoms with Gasteiger partial charge < -0.3 is 16.0 Å². The number of pyridine rings is 1. The summed E-state index contributed by atoms with van der Waals surface area (Å²) in [6.07, 6.45) is 3.50. The first-order valence-corrected chi connectivity index (χ1v) is 6.93. The minimum absolute atomic E-state index is 0.0275. The summed E-state index contributed by atoms with van der Waals surface area (Å²) in [5.74, 6) is 0.441. The molecular formula is C14H22N4O2. The number of nitrogens with two attached hydrogens (primary N) is 1. The summed E-state index contributed by atoms with van der Waals surface area (Å²) in [5, 5.41) is 21.2. The minimum atomic E-state index is -0.217. The van der Waals surface area contributed by atoms with Crippen molar-refractivity contribution in [1.82, 2.24) is 9.88 Å². The predicted octanol–water partition coefficient (Wildman–Crippen LogP) is 0.769. The predicted molar refractivity (Wildman–Crippen MR) is 76.4 cm³/mol. The van der Waals surface area contributed by atoms with Gasteiger partial charge >= 0.3 is 0 Å². The lowest BCUT2D eigenvalue weighted by atomic mass is 9.92. The van der Waals surface area contributed by atoms with Crippen molar-refractivity contribution < 1.29 is 10.3 Å². The Bertz CT molecular complexity index is 468. The second-order valence-electron chi connectivity index (χ2n) is 5.39. The lowest BCUT2D eigenvalue weighted by molar-refractivity contribution is 0.0695. The number of amidine groups is 1. The monoisotopic (exact) mass is 278 g/mol. The van der Waals surface area contributed by atoms with Crippen LogP contribution in [0.1, 0.15) is 31.0 Å². The van der Waals surface area contributed by atoms with Gasteiger partial charge in [0.1, 0.15) is 5.69 Å². The van der Waals surface area contributed by atoms with Gasteiger partial charge in [0.05, 0.1) is 6.10 Å². The first kappa shape index (κ1) is 14.7. The van der Waals surface area contributed by atoms with E-state index >= 15 is 0 Å². The standard InChI is InChI=1S/C14H22N4O2/c1-10(19)12-3-6-18(7-4-12)9-11-2-5-16-13(8-11)14(15)17-20/h2,5,8,10,12,19-20H,3-4,6-7,9H2,1H3,(H2,15,17). The fraction of sp³-hybridized carbons (Fsp3) is 0.571. The number of aromatic nitrogens is 1. The molecule has 0 aromatic carbocycles. The Hall–Kier alpha value is -1.66. The first-order valence-electron chi connectivity index (χ1n) is 6.93. The molecule has 2 rings (SSSR count). The Balaban J connectivity index is 1.94. The van der Waals surface area contributed by atoms with Gasteiger partial charge in [0.15, 0.2) is 5.84 Å². The fourth-order valence-corrected chi connectivity index (χ4v) is 2.62. The zero-order valence-electron chi connectivity index (χ0n) is 11.7. The highest BCUT2D eigenvalue weighted by atomic mass is 16.4. The summed E-state index contributed by atoms with van der Waals surface area (Å²) in [5.41, 5.74) is 7.13. The van der Waals surface area contributed by atoms with E-state index in [1.165, 1.54) is 0 Å². The van der Waals surface area contributed by atoms with Crippen LogP contribution in [0.5, 0.6) is 0 Å². The van der Waals surface area contributed by atoms with Gasteiger partial charge in [-0.2, -0.15) is 0 Å². The maximum absolute atomic E-state index is 9.60. The lowest BCUT2D eigenvalue weighted by Crippen LogP contribution is -2.36. The molecule has 0 amide bonds. The molecule has 0 spiro atoms. The smallest absolute Gasteiger partial charge is 0.188 e. The molecule has 4 N–H and O–H groups in total. The molecule has 1 aliphatic heterocycles. The van der Waals surface area contributed by atoms with Crippen LogP contribution in [0.3, 0.4) is 0 Å². The maximum atomic E-state index is 9.60. The summed E-state index contributed by atoms with van der Waals surface area (Å²) in [4.78, 5) is 6.42. The van der Waals surface area contributed by atoms with Crippen molar-refractivity contribution in [2.75, 3.05) is 13.1 Å². The Morgan fingerprint density at radius 3 is 2.85 bits per heavy atom. The van der Waals surface area contributed by atoms with Crippen LogP contribution >= 0.6 is 0 Å². The van der Waals surface area contributed by atoms with Gasteiger partial charge in [-0.1, -0.05) is 5.16 Å². The van der Waals surface area contributed by atoms with Crippen molar-refractivity contribution in [1.29, 1.82) is 0 Å². The lowest BCUT2D eigenvalue weighted by Gasteiger charge is -2.33. The van der Waals surface area contributed by atoms with Crippen molar-refractivity contribution in [3.8, 4) is 0 Å². The number of aliphatic hydroxyl groups excluding tert-OH is 1. The van der Waals surface area contributed by atoms with E-state index < -0.39 is 0 Å². The third-order valence-corrected chi connectivity index (χ3v) is 3.92. The molecule has 1 aromatic rings. The first-order chi connectivity index (χ1) is 9.60. The van der Waals surface area contributed by atoms with Crippen LogP contribution in [-0.2, 0) is 6.54 Å². The number of aliphatic hydroxyl groups is 1. The van der Waals surface area contributed by atoms with Crippen LogP contribution in [0.15, 0.2) is 23.5 Å². The second-order valence-corrected chi connectivity index (χ2v) is 5.39. The normalized spacial score (nSPS) is 20.0. The molecular weight excluding hydrogens is 256 g/mol. The minimum Gasteiger partial charge on any atom is -0.409 e. The summed E-state index contributed by atoms with van der Waals surface area (Å²) < 4.78 is 0. The molecule has 0 aliphatic carbocycles. The molecule has 110 valence electrons. The van der Waals surface area contributed by atoms with Crippen molar-refractivity contribution in [2.24, 2.45) is 16.8 Å². The van der Waals surface area contributed by atoms with Gasteiger partial charge in [-0.05, 0) is 56.5 Å². The quantitative estimate of drug-likeness (QED) is 0.327. The van der Waals surface area contributed by atoms with Gasteiger partial charge in [0.25, 0.3) is 0 Å². The number of hydrogen-bond donors (Lipinski definition) is 3. The Morgan fingerprint density at radius 2 is 2.25 bits per heavy atom. The van der Waals surface area contributed by atoms with E-state index in [0.29, 0.717) is 11.6 Å². The van der Waals surface area contributed by atoms with E-state index in [4.69, 9.17) is 10.9 Å². The molecule has 1 aromatic heterocycles. The van der Waals surface area contributed by atoms with E-state index in [2.05, 4.69) is 15.0 Å². The second kappa shape index (κ2) is 6.67. The highest BCUT2D eigenvalue weighted by molar-refractivity contribution is 5.95. The third kappa shape index (κ3) is 3.68. The Morgan fingerprint density at radius 1 is 1.55 bits per heavy atom. The highest BCUT2D eigenvalue weighted by Crippen LogP contribution is 2.21. The summed E-state index contributed by atoms with van der Waals surface area (Å²) >= 11 is 0. The number of piperidine rings is 1. The van der Waals surface area contributed by atoms with E-state index in [0.717, 1.165) is 38.0 Å². The molecule has 1 fully saturated rings. The highest BCUT2D eigenvalue weighted by Gasteiger charge is 2.22. The molecule has 2 heterocycles. The van der Waals surface area contributed by atoms with E-state index in [9.17, 15) is 5.11 Å². The zero-order chi connectivity index (χ0) is 14.5. The van der Waals surface area contributed by atoms with Crippen molar-refractivity contribution in [3.63, 3.8) is 0 Å². The van der Waals surface area contributed by atoms with Crippen molar-refractivity contribution in [3.05, 3.63) is 29.6 Å². The molecule has 6 heteroatoms. The number of hydrogen-bond acceptors (Lipinski definition) is 5. The largest absolute Gasteiger partial charge is 0.409 e. The van der Waals surface area contributed by atoms with Gasteiger partial charge in [-0.15, -0.1) is 0 Å². The Kier molecular flexibility index (Phi) is 4.92. The molecule has 20 heavy (non-hydrogen) atoms. The van der Waals surface area contributed by atoms with Crippen LogP contribution in [0.25, 0.3) is 0 Å². The molecule has 1 saturated heterocycles. The summed E-state index contributed by atoms with van der Waals surface area (Å²) in [7, 11) is 0. The average molecular weight is 278 g/mol. The van der Waals surface area contributed by atoms with Crippen molar-refractivity contribution in [2.45, 2.75) is 32.4 Å². The zero-order valence-corrected chi connectivity index (χ0v) is 11.7. The molecule has 6 nitrogen and oxygen atoms in total. The fourth-order valence-electron chi connectivity index (χ4n) is 2.62. The molecule has 0 bridgehead atoms. The molecule has 0 radical (unpaired) electrons. The molecule has 0 saturated carbocycles. The number of nitrogens with zero attached hydrogens (tertiary/aromatic N) is 3. The average Bonchev–Trinajstić information content (AvgIpc) is 2.47. The Labute approximate surface area is 118 Å². The topological polar surface area (TPSA) is 95.0 Å². The number of likely N-dealkylation sites (tertiary alicyclic amines) is 1. The third-order valence-electron chi connectivity index (χ3n) is 3.92. The van der Waals surface area contributed by atoms with Crippen LogP contribution in [0.4, 0.5) is 0 Å². The summed E-state index contributed by atoms with van der Waals surface area (Å²) in [6, 6.07) is 3.78. The van der Waals surface area contributed by atoms with E-state index in [1.54, 1.807) is 6.20 Å². The molecule has 1 aliphatic rings. The number of rotatable bonds is 4. The van der Waals surface area contributed by atoms with Crippen LogP contribution in [-0.4, -0.2) is 45.2 Å². The van der Waals surface area contributed by atoms with E-state index in [1.807, 2.05) is 19.1 Å². The van der Waals surface area contributed by atoms with Crippen LogP contribution < -0.4 is 5.73 Å².